The van der Waals surface area contributed by atoms with Crippen molar-refractivity contribution in [2.75, 3.05) is 0 Å². The Balaban J connectivity index is 2.19. The quantitative estimate of drug-likeness (QED) is 0.151. The van der Waals surface area contributed by atoms with Crippen molar-refractivity contribution < 1.29 is 34.2 Å². The molecule has 1 aromatic carbocycles. The number of nitrogens with two attached hydrogens (primary N) is 1. The molecule has 1 heterocycles. The Morgan fingerprint density at radius 3 is 2.08 bits per heavy atom. The minimum absolute atomic E-state index is 0.0617. The third kappa shape index (κ3) is 10.9. The van der Waals surface area contributed by atoms with Crippen LogP contribution in [-0.2, 0) is 36.8 Å². The molecule has 8 N–H and O–H groups in total. The number of aliphatic carboxylic acids is 2. The molecule has 0 spiro atoms. The first-order valence-corrected chi connectivity index (χ1v) is 12.6. The molecule has 4 atom stereocenters. The molecule has 39 heavy (non-hydrogen) atoms. The van der Waals surface area contributed by atoms with Gasteiger partial charge in [0.2, 0.25) is 17.7 Å². The lowest BCUT2D eigenvalue weighted by Crippen LogP contribution is -2.58. The van der Waals surface area contributed by atoms with E-state index >= 15 is 0 Å². The molecule has 3 amide bonds. The smallest absolute Gasteiger partial charge is 0.326 e. The molecule has 212 valence electrons. The Labute approximate surface area is 226 Å². The largest absolute Gasteiger partial charge is 0.481 e. The van der Waals surface area contributed by atoms with Crippen LogP contribution in [0.5, 0.6) is 0 Å². The van der Waals surface area contributed by atoms with Crippen LogP contribution in [0, 0.1) is 5.92 Å². The van der Waals surface area contributed by atoms with E-state index in [0.717, 1.165) is 5.56 Å². The predicted molar refractivity (Wildman–Crippen MR) is 140 cm³/mol. The molecule has 1 aromatic heterocycles. The van der Waals surface area contributed by atoms with Gasteiger partial charge in [0.1, 0.15) is 18.1 Å². The molecule has 13 heteroatoms. The van der Waals surface area contributed by atoms with Crippen LogP contribution in [0.1, 0.15) is 44.4 Å². The minimum atomic E-state index is -1.44. The van der Waals surface area contributed by atoms with Crippen molar-refractivity contribution >= 4 is 29.7 Å². The number of hydrogen-bond donors (Lipinski definition) is 7. The van der Waals surface area contributed by atoms with E-state index in [1.807, 2.05) is 19.9 Å². The molecule has 0 saturated carbocycles. The number of imidazole rings is 1. The standard InChI is InChI=1S/C26H36N6O7/c1-15(2)10-20(24(36)30-19(26(38)39)8-9-22(33)34)32-25(37)21(11-16-6-4-3-5-7-16)31-23(35)18(27)12-17-13-28-14-29-17/h3-7,13-15,18-21H,8-12,27H2,1-2H3,(H,28,29)(H,30,36)(H,31,35)(H,32,37)(H,33,34)(H,38,39). The number of rotatable bonds is 16. The number of amides is 3. The van der Waals surface area contributed by atoms with Crippen LogP contribution >= 0.6 is 0 Å². The van der Waals surface area contributed by atoms with Gasteiger partial charge in [-0.2, -0.15) is 0 Å². The number of H-pyrrole nitrogens is 1. The summed E-state index contributed by atoms with van der Waals surface area (Å²) in [6.45, 7) is 3.65. The van der Waals surface area contributed by atoms with Crippen LogP contribution in [-0.4, -0.2) is 74.0 Å². The molecule has 2 aromatic rings. The van der Waals surface area contributed by atoms with Crippen molar-refractivity contribution in [2.45, 2.75) is 70.1 Å². The van der Waals surface area contributed by atoms with Gasteiger partial charge in [-0.1, -0.05) is 44.2 Å². The summed E-state index contributed by atoms with van der Waals surface area (Å²) in [4.78, 5) is 68.5. The highest BCUT2D eigenvalue weighted by molar-refractivity contribution is 5.94. The van der Waals surface area contributed by atoms with Crippen molar-refractivity contribution in [3.63, 3.8) is 0 Å². The maximum absolute atomic E-state index is 13.4. The van der Waals surface area contributed by atoms with Gasteiger partial charge in [0, 0.05) is 31.2 Å². The first-order valence-electron chi connectivity index (χ1n) is 12.6. The lowest BCUT2D eigenvalue weighted by molar-refractivity contribution is -0.143. The van der Waals surface area contributed by atoms with Crippen LogP contribution in [0.2, 0.25) is 0 Å². The number of carboxylic acids is 2. The molecule has 0 saturated heterocycles. The number of carbonyl (C=O) groups is 5. The lowest BCUT2D eigenvalue weighted by atomic mass is 10.00. The van der Waals surface area contributed by atoms with Crippen LogP contribution in [0.15, 0.2) is 42.9 Å². The summed E-state index contributed by atoms with van der Waals surface area (Å²) >= 11 is 0. The van der Waals surface area contributed by atoms with Gasteiger partial charge in [0.15, 0.2) is 0 Å². The van der Waals surface area contributed by atoms with E-state index in [0.29, 0.717) is 5.69 Å². The fourth-order valence-electron chi connectivity index (χ4n) is 3.84. The first kappa shape index (κ1) is 31.0. The summed E-state index contributed by atoms with van der Waals surface area (Å²) < 4.78 is 0. The van der Waals surface area contributed by atoms with Crippen LogP contribution in [0.25, 0.3) is 0 Å². The third-order valence-corrected chi connectivity index (χ3v) is 5.85. The zero-order valence-electron chi connectivity index (χ0n) is 21.9. The summed E-state index contributed by atoms with van der Waals surface area (Å²) in [5, 5.41) is 25.9. The minimum Gasteiger partial charge on any atom is -0.481 e. The zero-order chi connectivity index (χ0) is 28.9. The fraction of sp³-hybridized carbons (Fsp3) is 0.462. The van der Waals surface area contributed by atoms with Crippen LogP contribution in [0.4, 0.5) is 0 Å². The van der Waals surface area contributed by atoms with Crippen molar-refractivity contribution in [3.05, 3.63) is 54.1 Å². The molecule has 0 aliphatic rings. The Morgan fingerprint density at radius 1 is 0.897 bits per heavy atom. The lowest BCUT2D eigenvalue weighted by Gasteiger charge is -2.26. The Bertz CT molecular complexity index is 1110. The summed E-state index contributed by atoms with van der Waals surface area (Å²) in [7, 11) is 0. The molecular formula is C26H36N6O7. The zero-order valence-corrected chi connectivity index (χ0v) is 21.9. The molecule has 4 unspecified atom stereocenters. The third-order valence-electron chi connectivity index (χ3n) is 5.85. The fourth-order valence-corrected chi connectivity index (χ4v) is 3.84. The van der Waals surface area contributed by atoms with Gasteiger partial charge in [-0.25, -0.2) is 9.78 Å². The summed E-state index contributed by atoms with van der Waals surface area (Å²) in [6.07, 6.45) is 2.67. The molecule has 0 aliphatic heterocycles. The first-order chi connectivity index (χ1) is 18.5. The van der Waals surface area contributed by atoms with Gasteiger partial charge < -0.3 is 36.9 Å². The maximum atomic E-state index is 13.4. The average molecular weight is 545 g/mol. The Hall–Kier alpha value is -4.26. The molecule has 0 bridgehead atoms. The van der Waals surface area contributed by atoms with Crippen molar-refractivity contribution in [1.29, 1.82) is 0 Å². The van der Waals surface area contributed by atoms with E-state index in [1.165, 1.54) is 12.5 Å². The molecule has 0 fully saturated rings. The van der Waals surface area contributed by atoms with Crippen molar-refractivity contribution in [3.8, 4) is 0 Å². The maximum Gasteiger partial charge on any atom is 0.326 e. The van der Waals surface area contributed by atoms with E-state index < -0.39 is 60.2 Å². The second kappa shape index (κ2) is 15.2. The van der Waals surface area contributed by atoms with Crippen molar-refractivity contribution in [1.82, 2.24) is 25.9 Å². The van der Waals surface area contributed by atoms with Crippen LogP contribution in [0.3, 0.4) is 0 Å². The molecule has 0 radical (unpaired) electrons. The Morgan fingerprint density at radius 2 is 1.51 bits per heavy atom. The molecule has 0 aliphatic carbocycles. The molecule has 13 nitrogen and oxygen atoms in total. The number of carbonyl (C=O) groups excluding carboxylic acids is 3. The highest BCUT2D eigenvalue weighted by Gasteiger charge is 2.31. The summed E-state index contributed by atoms with van der Waals surface area (Å²) in [5.41, 5.74) is 7.44. The normalized spacial score (nSPS) is 14.1. The number of nitrogens with one attached hydrogen (secondary N) is 4. The van der Waals surface area contributed by atoms with Gasteiger partial charge in [-0.3, -0.25) is 19.2 Å². The van der Waals surface area contributed by atoms with E-state index in [1.54, 1.807) is 24.3 Å². The monoisotopic (exact) mass is 544 g/mol. The van der Waals surface area contributed by atoms with Gasteiger partial charge in [-0.15, -0.1) is 0 Å². The highest BCUT2D eigenvalue weighted by atomic mass is 16.4. The van der Waals surface area contributed by atoms with Gasteiger partial charge >= 0.3 is 11.9 Å². The van der Waals surface area contributed by atoms with Crippen molar-refractivity contribution in [2.24, 2.45) is 11.7 Å². The van der Waals surface area contributed by atoms with E-state index in [4.69, 9.17) is 10.8 Å². The number of aromatic amines is 1. The number of carboxylic acid groups (broad SMARTS) is 2. The summed E-state index contributed by atoms with van der Waals surface area (Å²) in [5.74, 6) is -4.65. The van der Waals surface area contributed by atoms with Gasteiger partial charge in [0.05, 0.1) is 12.4 Å². The molecule has 2 rings (SSSR count). The average Bonchev–Trinajstić information content (AvgIpc) is 3.38. The number of nitrogens with zero attached hydrogens (tertiary/aromatic N) is 1. The second-order valence-electron chi connectivity index (χ2n) is 9.66. The van der Waals surface area contributed by atoms with Gasteiger partial charge in [-0.05, 0) is 24.3 Å². The SMILES string of the molecule is CC(C)CC(NC(=O)C(Cc1ccccc1)NC(=O)C(N)Cc1cnc[nH]1)C(=O)NC(CCC(=O)O)C(=O)O. The number of aromatic nitrogens is 2. The molecular weight excluding hydrogens is 508 g/mol. The second-order valence-corrected chi connectivity index (χ2v) is 9.66. The highest BCUT2D eigenvalue weighted by Crippen LogP contribution is 2.10. The van der Waals surface area contributed by atoms with E-state index in [9.17, 15) is 29.1 Å². The van der Waals surface area contributed by atoms with E-state index in [2.05, 4.69) is 25.9 Å². The summed E-state index contributed by atoms with van der Waals surface area (Å²) in [6, 6.07) is 4.32. The topological polar surface area (TPSA) is 217 Å². The van der Waals surface area contributed by atoms with E-state index in [-0.39, 0.29) is 31.6 Å². The van der Waals surface area contributed by atoms with Crippen LogP contribution < -0.4 is 21.7 Å². The number of benzene rings is 1. The van der Waals surface area contributed by atoms with Gasteiger partial charge in [0.25, 0.3) is 0 Å². The predicted octanol–water partition coefficient (Wildman–Crippen LogP) is -0.0279. The number of hydrogen-bond acceptors (Lipinski definition) is 7. The Kier molecular flexibility index (Phi) is 12.1.